The van der Waals surface area contributed by atoms with Crippen molar-refractivity contribution in [3.63, 3.8) is 0 Å². The number of thiophene rings is 1. The molecule has 0 saturated carbocycles. The van der Waals surface area contributed by atoms with Crippen LogP contribution in [0, 0.1) is 0 Å². The lowest BCUT2D eigenvalue weighted by Gasteiger charge is -2.08. The monoisotopic (exact) mass is 462 g/mol. The van der Waals surface area contributed by atoms with E-state index in [1.54, 1.807) is 72.8 Å². The summed E-state index contributed by atoms with van der Waals surface area (Å²) in [7, 11) is -1.89. The predicted molar refractivity (Wildman–Crippen MR) is 123 cm³/mol. The first-order chi connectivity index (χ1) is 15.4. The molecule has 0 saturated heterocycles. The van der Waals surface area contributed by atoms with E-state index in [2.05, 4.69) is 15.4 Å². The number of carbonyl (C=O) groups excluding carboxylic acids is 1. The molecule has 9 heteroatoms. The summed E-state index contributed by atoms with van der Waals surface area (Å²) in [5, 5.41) is 8.90. The van der Waals surface area contributed by atoms with Crippen LogP contribution < -0.4 is 5.32 Å². The first-order valence-corrected chi connectivity index (χ1v) is 12.1. The number of carbonyl (C=O) groups is 1. The van der Waals surface area contributed by atoms with Gasteiger partial charge in [0, 0.05) is 31.4 Å². The number of benzene rings is 2. The van der Waals surface area contributed by atoms with Gasteiger partial charge in [0.25, 0.3) is 5.91 Å². The minimum absolute atomic E-state index is 0.174. The number of amides is 1. The van der Waals surface area contributed by atoms with E-state index in [4.69, 9.17) is 0 Å². The van der Waals surface area contributed by atoms with E-state index >= 15 is 0 Å². The summed E-state index contributed by atoms with van der Waals surface area (Å²) in [6.45, 7) is 0.298. The molecule has 32 heavy (non-hydrogen) atoms. The highest BCUT2D eigenvalue weighted by Crippen LogP contribution is 2.26. The lowest BCUT2D eigenvalue weighted by molar-refractivity contribution is 0.0955. The van der Waals surface area contributed by atoms with Crippen molar-refractivity contribution in [2.75, 3.05) is 0 Å². The van der Waals surface area contributed by atoms with Crippen LogP contribution >= 0.6 is 11.3 Å². The van der Waals surface area contributed by atoms with Crippen molar-refractivity contribution < 1.29 is 13.2 Å². The summed E-state index contributed by atoms with van der Waals surface area (Å²) in [5.41, 5.74) is 1.56. The number of sulfone groups is 1. The molecule has 0 atom stereocenters. The number of pyridine rings is 1. The SMILES string of the molecule is Cn1ncc2ccc(S(=O)(=O)c3ccc(CNC(=O)c4cc5ccncc5s4)cc3)cc21. The highest BCUT2D eigenvalue weighted by Gasteiger charge is 2.19. The molecule has 7 nitrogen and oxygen atoms in total. The van der Waals surface area contributed by atoms with Crippen LogP contribution in [0.25, 0.3) is 21.0 Å². The van der Waals surface area contributed by atoms with Gasteiger partial charge in [0.05, 0.1) is 31.1 Å². The number of hydrogen-bond acceptors (Lipinski definition) is 6. The number of hydrogen-bond donors (Lipinski definition) is 1. The maximum Gasteiger partial charge on any atom is 0.261 e. The molecule has 0 radical (unpaired) electrons. The fourth-order valence-corrected chi connectivity index (χ4v) is 5.71. The minimum atomic E-state index is -3.66. The Labute approximate surface area is 188 Å². The van der Waals surface area contributed by atoms with Crippen LogP contribution in [-0.2, 0) is 23.4 Å². The lowest BCUT2D eigenvalue weighted by atomic mass is 10.2. The van der Waals surface area contributed by atoms with Crippen LogP contribution in [0.15, 0.2) is 83.0 Å². The van der Waals surface area contributed by atoms with Crippen molar-refractivity contribution in [2.45, 2.75) is 16.3 Å². The molecule has 0 aliphatic rings. The fraction of sp³-hybridized carbons (Fsp3) is 0.0870. The molecular formula is C23H18N4O3S2. The zero-order valence-corrected chi connectivity index (χ0v) is 18.7. The Morgan fingerprint density at radius 1 is 1.00 bits per heavy atom. The van der Waals surface area contributed by atoms with Crippen molar-refractivity contribution in [3.8, 4) is 0 Å². The number of rotatable bonds is 5. The average molecular weight is 463 g/mol. The maximum absolute atomic E-state index is 13.1. The highest BCUT2D eigenvalue weighted by atomic mass is 32.2. The molecule has 0 bridgehead atoms. The third kappa shape index (κ3) is 3.65. The van der Waals surface area contributed by atoms with Crippen molar-refractivity contribution in [3.05, 3.63) is 83.6 Å². The molecule has 0 fully saturated rings. The van der Waals surface area contributed by atoms with E-state index < -0.39 is 9.84 Å². The summed E-state index contributed by atoms with van der Waals surface area (Å²) in [6, 6.07) is 15.2. The number of nitrogens with zero attached hydrogens (tertiary/aromatic N) is 3. The molecule has 0 aliphatic heterocycles. The smallest absolute Gasteiger partial charge is 0.261 e. The number of fused-ring (bicyclic) bond motifs is 2. The van der Waals surface area contributed by atoms with Crippen molar-refractivity contribution in [1.82, 2.24) is 20.1 Å². The standard InChI is InChI=1S/C23H18N4O3S2/c1-27-20-11-19(7-4-17(20)13-26-27)32(29,30)18-5-2-15(3-6-18)12-25-23(28)21-10-16-8-9-24-14-22(16)31-21/h2-11,13-14H,12H2,1H3,(H,25,28). The van der Waals surface area contributed by atoms with Gasteiger partial charge in [-0.25, -0.2) is 8.42 Å². The van der Waals surface area contributed by atoms with Crippen LogP contribution in [0.2, 0.25) is 0 Å². The Hall–Kier alpha value is -3.56. The molecule has 2 aromatic carbocycles. The predicted octanol–water partition coefficient (Wildman–Crippen LogP) is 3.95. The Bertz CT molecular complexity index is 1540. The molecule has 160 valence electrons. The Morgan fingerprint density at radius 3 is 2.56 bits per heavy atom. The van der Waals surface area contributed by atoms with Gasteiger partial charge in [0.15, 0.2) is 0 Å². The zero-order chi connectivity index (χ0) is 22.3. The molecule has 1 N–H and O–H groups in total. The number of nitrogens with one attached hydrogen (secondary N) is 1. The molecule has 0 unspecified atom stereocenters. The van der Waals surface area contributed by atoms with Gasteiger partial charge in [0.2, 0.25) is 9.84 Å². The van der Waals surface area contributed by atoms with Gasteiger partial charge in [0.1, 0.15) is 0 Å². The van der Waals surface area contributed by atoms with Crippen LogP contribution in [0.3, 0.4) is 0 Å². The summed E-state index contributed by atoms with van der Waals surface area (Å²) in [4.78, 5) is 17.6. The average Bonchev–Trinajstić information content (AvgIpc) is 3.41. The van der Waals surface area contributed by atoms with E-state index in [1.165, 1.54) is 11.3 Å². The summed E-state index contributed by atoms with van der Waals surface area (Å²) < 4.78 is 28.7. The van der Waals surface area contributed by atoms with Crippen LogP contribution in [0.4, 0.5) is 0 Å². The second-order valence-electron chi connectivity index (χ2n) is 7.34. The summed E-state index contributed by atoms with van der Waals surface area (Å²) in [5.74, 6) is -0.174. The number of aryl methyl sites for hydroxylation is 1. The summed E-state index contributed by atoms with van der Waals surface area (Å²) >= 11 is 1.39. The Balaban J connectivity index is 1.31. The van der Waals surface area contributed by atoms with Gasteiger partial charge >= 0.3 is 0 Å². The van der Waals surface area contributed by atoms with E-state index in [0.717, 1.165) is 26.6 Å². The second kappa shape index (κ2) is 7.85. The Morgan fingerprint density at radius 2 is 1.78 bits per heavy atom. The van der Waals surface area contributed by atoms with Crippen LogP contribution in [0.5, 0.6) is 0 Å². The molecular weight excluding hydrogens is 444 g/mol. The lowest BCUT2D eigenvalue weighted by Crippen LogP contribution is -2.21. The van der Waals surface area contributed by atoms with Gasteiger partial charge in [-0.2, -0.15) is 5.10 Å². The molecule has 3 heterocycles. The summed E-state index contributed by atoms with van der Waals surface area (Å²) in [6.07, 6.45) is 5.13. The molecule has 1 amide bonds. The van der Waals surface area contributed by atoms with Crippen LogP contribution in [-0.4, -0.2) is 29.1 Å². The van der Waals surface area contributed by atoms with Crippen LogP contribution in [0.1, 0.15) is 15.2 Å². The topological polar surface area (TPSA) is 94.0 Å². The van der Waals surface area contributed by atoms with Crippen molar-refractivity contribution >= 4 is 48.1 Å². The van der Waals surface area contributed by atoms with E-state index in [0.29, 0.717) is 11.4 Å². The molecule has 0 spiro atoms. The quantitative estimate of drug-likeness (QED) is 0.427. The largest absolute Gasteiger partial charge is 0.347 e. The third-order valence-electron chi connectivity index (χ3n) is 5.26. The van der Waals surface area contributed by atoms with E-state index in [-0.39, 0.29) is 15.7 Å². The van der Waals surface area contributed by atoms with Crippen molar-refractivity contribution in [2.24, 2.45) is 7.05 Å². The van der Waals surface area contributed by atoms with Gasteiger partial charge < -0.3 is 5.32 Å². The Kier molecular flexibility index (Phi) is 4.99. The fourth-order valence-electron chi connectivity index (χ4n) is 3.48. The maximum atomic E-state index is 13.1. The second-order valence-corrected chi connectivity index (χ2v) is 10.4. The molecule has 3 aromatic heterocycles. The first-order valence-electron chi connectivity index (χ1n) is 9.79. The first kappa shape index (κ1) is 20.3. The molecule has 5 aromatic rings. The van der Waals surface area contributed by atoms with E-state index in [1.807, 2.05) is 12.1 Å². The highest BCUT2D eigenvalue weighted by molar-refractivity contribution is 7.91. The third-order valence-corrected chi connectivity index (χ3v) is 8.12. The molecule has 0 aliphatic carbocycles. The molecule has 5 rings (SSSR count). The normalized spacial score (nSPS) is 11.8. The van der Waals surface area contributed by atoms with Gasteiger partial charge in [-0.3, -0.25) is 14.5 Å². The minimum Gasteiger partial charge on any atom is -0.347 e. The van der Waals surface area contributed by atoms with E-state index in [9.17, 15) is 13.2 Å². The van der Waals surface area contributed by atoms with Gasteiger partial charge in [-0.05, 0) is 53.4 Å². The van der Waals surface area contributed by atoms with Gasteiger partial charge in [-0.1, -0.05) is 12.1 Å². The zero-order valence-electron chi connectivity index (χ0n) is 17.0. The van der Waals surface area contributed by atoms with Crippen molar-refractivity contribution in [1.29, 1.82) is 0 Å². The number of aromatic nitrogens is 3. The van der Waals surface area contributed by atoms with Gasteiger partial charge in [-0.15, -0.1) is 11.3 Å².